The third-order valence-electron chi connectivity index (χ3n) is 2.84. The highest BCUT2D eigenvalue weighted by Gasteiger charge is 2.17. The highest BCUT2D eigenvalue weighted by molar-refractivity contribution is 7.91. The van der Waals surface area contributed by atoms with Gasteiger partial charge in [0.2, 0.25) is 5.89 Å². The number of rotatable bonds is 8. The van der Waals surface area contributed by atoms with Crippen molar-refractivity contribution in [1.82, 2.24) is 15.0 Å². The average Bonchev–Trinajstić information content (AvgIpc) is 3.12. The molecule has 0 aromatic carbocycles. The van der Waals surface area contributed by atoms with Gasteiger partial charge in [-0.2, -0.15) is 0 Å². The summed E-state index contributed by atoms with van der Waals surface area (Å²) in [5, 5.41) is 5.01. The molecule has 0 amide bonds. The van der Waals surface area contributed by atoms with Crippen molar-refractivity contribution in [2.75, 3.05) is 6.54 Å². The minimum atomic E-state index is -3.52. The molecule has 6 nitrogen and oxygen atoms in total. The molecular weight excluding hydrogens is 310 g/mol. The number of thiophene rings is 1. The summed E-state index contributed by atoms with van der Waals surface area (Å²) in [5.41, 5.74) is 0.964. The SMILES string of the molecule is CCNCc1csc(S(=O)(=O)NCc2ncc(CC)o2)c1. The molecule has 0 spiro atoms. The highest BCUT2D eigenvalue weighted by Crippen LogP contribution is 2.20. The minimum absolute atomic E-state index is 0.0583. The Morgan fingerprint density at radius 3 is 2.81 bits per heavy atom. The maximum Gasteiger partial charge on any atom is 0.250 e. The lowest BCUT2D eigenvalue weighted by Crippen LogP contribution is -2.22. The van der Waals surface area contributed by atoms with Crippen molar-refractivity contribution in [2.24, 2.45) is 0 Å². The molecule has 0 atom stereocenters. The van der Waals surface area contributed by atoms with Crippen LogP contribution in [0.5, 0.6) is 0 Å². The minimum Gasteiger partial charge on any atom is -0.444 e. The van der Waals surface area contributed by atoms with E-state index in [0.29, 0.717) is 16.6 Å². The monoisotopic (exact) mass is 329 g/mol. The molecule has 0 aliphatic carbocycles. The predicted octanol–water partition coefficient (Wildman–Crippen LogP) is 1.89. The number of hydrogen-bond donors (Lipinski definition) is 2. The van der Waals surface area contributed by atoms with Gasteiger partial charge in [-0.15, -0.1) is 11.3 Å². The van der Waals surface area contributed by atoms with Crippen molar-refractivity contribution in [3.8, 4) is 0 Å². The molecule has 21 heavy (non-hydrogen) atoms. The fraction of sp³-hybridized carbons (Fsp3) is 0.462. The topological polar surface area (TPSA) is 84.2 Å². The van der Waals surface area contributed by atoms with E-state index in [1.54, 1.807) is 12.3 Å². The predicted molar refractivity (Wildman–Crippen MR) is 81.6 cm³/mol. The Morgan fingerprint density at radius 1 is 1.33 bits per heavy atom. The Morgan fingerprint density at radius 2 is 2.14 bits per heavy atom. The van der Waals surface area contributed by atoms with Crippen molar-refractivity contribution in [2.45, 2.75) is 37.6 Å². The smallest absolute Gasteiger partial charge is 0.250 e. The van der Waals surface area contributed by atoms with Gasteiger partial charge < -0.3 is 9.73 Å². The fourth-order valence-corrected chi connectivity index (χ4v) is 3.91. The third-order valence-corrected chi connectivity index (χ3v) is 5.73. The van der Waals surface area contributed by atoms with Crippen molar-refractivity contribution in [1.29, 1.82) is 0 Å². The normalized spacial score (nSPS) is 11.9. The first-order valence-electron chi connectivity index (χ1n) is 6.76. The van der Waals surface area contributed by atoms with Crippen LogP contribution in [-0.2, 0) is 29.5 Å². The molecule has 8 heteroatoms. The van der Waals surface area contributed by atoms with E-state index in [2.05, 4.69) is 15.0 Å². The van der Waals surface area contributed by atoms with Gasteiger partial charge in [-0.05, 0) is 23.6 Å². The van der Waals surface area contributed by atoms with E-state index in [0.717, 1.165) is 24.3 Å². The second-order valence-corrected chi connectivity index (χ2v) is 7.36. The maximum absolute atomic E-state index is 12.2. The summed E-state index contributed by atoms with van der Waals surface area (Å²) in [5.74, 6) is 1.12. The molecular formula is C13H19N3O3S2. The first kappa shape index (κ1) is 16.2. The summed E-state index contributed by atoms with van der Waals surface area (Å²) in [6.45, 7) is 5.53. The zero-order valence-electron chi connectivity index (χ0n) is 12.0. The van der Waals surface area contributed by atoms with Gasteiger partial charge in [0, 0.05) is 13.0 Å². The van der Waals surface area contributed by atoms with Crippen LogP contribution in [0.15, 0.2) is 26.3 Å². The van der Waals surface area contributed by atoms with Gasteiger partial charge in [0.15, 0.2) is 0 Å². The van der Waals surface area contributed by atoms with Crippen LogP contribution in [0.1, 0.15) is 31.1 Å². The second kappa shape index (κ2) is 7.17. The highest BCUT2D eigenvalue weighted by atomic mass is 32.2. The van der Waals surface area contributed by atoms with E-state index in [-0.39, 0.29) is 6.54 Å². The molecule has 0 radical (unpaired) electrons. The molecule has 0 saturated heterocycles. The Labute approximate surface area is 128 Å². The first-order chi connectivity index (χ1) is 10.0. The summed E-state index contributed by atoms with van der Waals surface area (Å²) < 4.78 is 32.5. The third kappa shape index (κ3) is 4.37. The van der Waals surface area contributed by atoms with Crippen LogP contribution in [-0.4, -0.2) is 19.9 Å². The van der Waals surface area contributed by atoms with Crippen LogP contribution in [0.3, 0.4) is 0 Å². The van der Waals surface area contributed by atoms with Crippen LogP contribution in [0, 0.1) is 0 Å². The van der Waals surface area contributed by atoms with E-state index >= 15 is 0 Å². The van der Waals surface area contributed by atoms with E-state index in [4.69, 9.17) is 4.42 Å². The molecule has 0 aliphatic rings. The number of nitrogens with zero attached hydrogens (tertiary/aromatic N) is 1. The number of hydrogen-bond acceptors (Lipinski definition) is 6. The lowest BCUT2D eigenvalue weighted by molar-refractivity contribution is 0.452. The van der Waals surface area contributed by atoms with Crippen molar-refractivity contribution in [3.63, 3.8) is 0 Å². The molecule has 2 aromatic heterocycles. The molecule has 2 aromatic rings. The molecule has 2 N–H and O–H groups in total. The zero-order chi connectivity index (χ0) is 15.3. The van der Waals surface area contributed by atoms with E-state index in [9.17, 15) is 8.42 Å². The van der Waals surface area contributed by atoms with Crippen molar-refractivity contribution >= 4 is 21.4 Å². The number of oxazole rings is 1. The van der Waals surface area contributed by atoms with Gasteiger partial charge in [0.05, 0.1) is 12.7 Å². The van der Waals surface area contributed by atoms with E-state index < -0.39 is 10.0 Å². The molecule has 0 aliphatic heterocycles. The molecule has 2 heterocycles. The van der Waals surface area contributed by atoms with Gasteiger partial charge in [-0.1, -0.05) is 13.8 Å². The Balaban J connectivity index is 1.99. The van der Waals surface area contributed by atoms with Crippen LogP contribution < -0.4 is 10.0 Å². The Hall–Kier alpha value is -1.22. The van der Waals surface area contributed by atoms with Gasteiger partial charge in [0.1, 0.15) is 9.97 Å². The summed E-state index contributed by atoms with van der Waals surface area (Å²) in [7, 11) is -3.52. The van der Waals surface area contributed by atoms with Gasteiger partial charge in [-0.25, -0.2) is 18.1 Å². The lowest BCUT2D eigenvalue weighted by atomic mass is 10.3. The number of nitrogens with one attached hydrogen (secondary N) is 2. The van der Waals surface area contributed by atoms with Crippen LogP contribution in [0.25, 0.3) is 0 Å². The second-order valence-electron chi connectivity index (χ2n) is 4.45. The van der Waals surface area contributed by atoms with Gasteiger partial charge >= 0.3 is 0 Å². The van der Waals surface area contributed by atoms with Gasteiger partial charge in [0.25, 0.3) is 10.0 Å². The van der Waals surface area contributed by atoms with Crippen molar-refractivity contribution < 1.29 is 12.8 Å². The summed E-state index contributed by atoms with van der Waals surface area (Å²) >= 11 is 1.21. The molecule has 0 saturated carbocycles. The quantitative estimate of drug-likeness (QED) is 0.772. The first-order valence-corrected chi connectivity index (χ1v) is 9.12. The summed E-state index contributed by atoms with van der Waals surface area (Å²) in [6.07, 6.45) is 2.35. The fourth-order valence-electron chi connectivity index (χ4n) is 1.68. The molecule has 0 unspecified atom stereocenters. The van der Waals surface area contributed by atoms with E-state index in [1.807, 2.05) is 19.2 Å². The van der Waals surface area contributed by atoms with Crippen molar-refractivity contribution in [3.05, 3.63) is 34.9 Å². The Kier molecular flexibility index (Phi) is 5.51. The standard InChI is InChI=1S/C13H19N3O3S2/c1-3-11-7-15-12(19-11)8-16-21(17,18)13-5-10(9-20-13)6-14-4-2/h5,7,9,14,16H,3-4,6,8H2,1-2H3. The molecule has 0 fully saturated rings. The summed E-state index contributed by atoms with van der Waals surface area (Å²) in [6, 6.07) is 1.68. The van der Waals surface area contributed by atoms with Crippen LogP contribution in [0.2, 0.25) is 0 Å². The molecule has 0 bridgehead atoms. The zero-order valence-corrected chi connectivity index (χ0v) is 13.7. The summed E-state index contributed by atoms with van der Waals surface area (Å²) in [4.78, 5) is 4.03. The molecule has 116 valence electrons. The number of aromatic nitrogens is 1. The van der Waals surface area contributed by atoms with Gasteiger partial charge in [-0.3, -0.25) is 0 Å². The number of sulfonamides is 1. The largest absolute Gasteiger partial charge is 0.444 e. The maximum atomic E-state index is 12.2. The number of aryl methyl sites for hydroxylation is 1. The Bertz CT molecular complexity index is 676. The van der Waals surface area contributed by atoms with E-state index in [1.165, 1.54) is 11.3 Å². The van der Waals surface area contributed by atoms with Crippen LogP contribution >= 0.6 is 11.3 Å². The molecule has 2 rings (SSSR count). The average molecular weight is 329 g/mol. The lowest BCUT2D eigenvalue weighted by Gasteiger charge is -2.02. The van der Waals surface area contributed by atoms with Crippen LogP contribution in [0.4, 0.5) is 0 Å².